The van der Waals surface area contributed by atoms with Crippen molar-refractivity contribution < 1.29 is 29.1 Å². The maximum atomic E-state index is 13.5. The molecule has 0 saturated carbocycles. The van der Waals surface area contributed by atoms with Crippen LogP contribution in [0.2, 0.25) is 0 Å². The van der Waals surface area contributed by atoms with Crippen LogP contribution in [0.25, 0.3) is 0 Å². The van der Waals surface area contributed by atoms with E-state index in [-0.39, 0.29) is 24.8 Å². The van der Waals surface area contributed by atoms with Crippen LogP contribution in [0.15, 0.2) is 47.0 Å². The molecule has 1 unspecified atom stereocenters. The molecule has 4 atom stereocenters. The van der Waals surface area contributed by atoms with Crippen LogP contribution < -0.4 is 32.7 Å². The molecule has 0 fully saturated rings. The van der Waals surface area contributed by atoms with Crippen LogP contribution in [0, 0.1) is 11.8 Å². The Bertz CT molecular complexity index is 1150. The first-order chi connectivity index (χ1) is 19.4. The molecule has 2 rings (SSSR count). The molecule has 13 nitrogen and oxygen atoms in total. The first-order valence-corrected chi connectivity index (χ1v) is 13.5. The van der Waals surface area contributed by atoms with E-state index in [0.29, 0.717) is 18.4 Å². The van der Waals surface area contributed by atoms with Crippen LogP contribution in [0.3, 0.4) is 0 Å². The van der Waals surface area contributed by atoms with Gasteiger partial charge in [0.05, 0.1) is 24.9 Å². The summed E-state index contributed by atoms with van der Waals surface area (Å²) in [6.07, 6.45) is 2.04. The number of hydrogen-bond acceptors (Lipinski definition) is 6. The first kappa shape index (κ1) is 32.8. The van der Waals surface area contributed by atoms with Crippen LogP contribution in [-0.4, -0.2) is 71.9 Å². The maximum Gasteiger partial charge on any atom is 0.305 e. The van der Waals surface area contributed by atoms with E-state index in [1.54, 1.807) is 13.0 Å². The van der Waals surface area contributed by atoms with Crippen molar-refractivity contribution in [2.45, 2.75) is 64.6 Å². The van der Waals surface area contributed by atoms with Crippen molar-refractivity contribution in [1.82, 2.24) is 21.3 Å². The highest BCUT2D eigenvalue weighted by atomic mass is 16.4. The highest BCUT2D eigenvalue weighted by Gasteiger charge is 2.30. The molecular formula is C28H41N7O6. The number of rotatable bonds is 9. The second-order valence-electron chi connectivity index (χ2n) is 10.4. The highest BCUT2D eigenvalue weighted by Crippen LogP contribution is 2.20. The summed E-state index contributed by atoms with van der Waals surface area (Å²) < 4.78 is 0. The second kappa shape index (κ2) is 16.0. The largest absolute Gasteiger partial charge is 0.481 e. The summed E-state index contributed by atoms with van der Waals surface area (Å²) in [7, 11) is 0. The predicted octanol–water partition coefficient (Wildman–Crippen LogP) is -0.440. The van der Waals surface area contributed by atoms with Crippen LogP contribution in [0.5, 0.6) is 0 Å². The van der Waals surface area contributed by atoms with Gasteiger partial charge in [0.1, 0.15) is 12.1 Å². The van der Waals surface area contributed by atoms with Crippen LogP contribution in [-0.2, 0) is 30.4 Å². The molecule has 41 heavy (non-hydrogen) atoms. The monoisotopic (exact) mass is 571 g/mol. The molecule has 0 aliphatic carbocycles. The summed E-state index contributed by atoms with van der Waals surface area (Å²) in [6, 6.07) is 6.39. The zero-order valence-corrected chi connectivity index (χ0v) is 23.7. The van der Waals surface area contributed by atoms with Crippen molar-refractivity contribution in [1.29, 1.82) is 0 Å². The van der Waals surface area contributed by atoms with E-state index in [1.807, 2.05) is 44.2 Å². The molecule has 1 aliphatic rings. The molecule has 1 aromatic carbocycles. The first-order valence-electron chi connectivity index (χ1n) is 13.5. The standard InChI is InChI=1S/C28H41N7O6/c1-16(2)19-12-17(3)21(13-18-8-5-4-6-9-18)35-27(41)22(14-24(37)38)33-23(36)15-32-26(40)20(34-25(19)39)10-7-11-31-28(29)30/h4-6,8-9,12,16,19-22H,7,10-11,13-15H2,1-3H3,(H,32,40)(H,33,36)(H,34,39)(H,35,41)(H,37,38)(H4,29,30,31)/b17-12+/t19-,20-,21+,22?/m0/s1. The number of aliphatic carboxylic acids is 1. The number of amides is 4. The Morgan fingerprint density at radius 1 is 0.976 bits per heavy atom. The number of nitrogens with zero attached hydrogens (tertiary/aromatic N) is 1. The number of aliphatic imine (C=N–C) groups is 1. The number of nitrogens with one attached hydrogen (secondary N) is 4. The van der Waals surface area contributed by atoms with Crippen LogP contribution in [0.4, 0.5) is 0 Å². The SMILES string of the molecule is C/C1=C\[C@@H](C(C)C)C(=O)N[C@@H](CCCN=C(N)N)C(=O)NCC(=O)NC(CC(=O)O)C(=O)N[C@@H]1Cc1ccccc1. The number of guanidine groups is 1. The molecule has 0 radical (unpaired) electrons. The van der Waals surface area contributed by atoms with E-state index in [4.69, 9.17) is 11.5 Å². The third-order valence-corrected chi connectivity index (χ3v) is 6.64. The summed E-state index contributed by atoms with van der Waals surface area (Å²) in [5.74, 6) is -4.66. The van der Waals surface area contributed by atoms with E-state index >= 15 is 0 Å². The van der Waals surface area contributed by atoms with Gasteiger partial charge in [0, 0.05) is 6.54 Å². The van der Waals surface area contributed by atoms with Crippen LogP contribution in [0.1, 0.15) is 45.6 Å². The van der Waals surface area contributed by atoms with Gasteiger partial charge in [0.2, 0.25) is 23.6 Å². The minimum atomic E-state index is -1.39. The number of benzene rings is 1. The normalized spacial score (nSPS) is 24.0. The third kappa shape index (κ3) is 11.3. The summed E-state index contributed by atoms with van der Waals surface area (Å²) in [6.45, 7) is 5.22. The Morgan fingerprint density at radius 2 is 1.63 bits per heavy atom. The van der Waals surface area contributed by atoms with Gasteiger partial charge in [-0.1, -0.05) is 55.8 Å². The Hall–Kier alpha value is -4.42. The lowest BCUT2D eigenvalue weighted by atomic mass is 9.89. The molecule has 0 bridgehead atoms. The fourth-order valence-corrected chi connectivity index (χ4v) is 4.38. The Kier molecular flexibility index (Phi) is 12.8. The van der Waals surface area contributed by atoms with Crippen molar-refractivity contribution in [2.24, 2.45) is 28.3 Å². The van der Waals surface area contributed by atoms with Gasteiger partial charge in [-0.3, -0.25) is 29.0 Å². The van der Waals surface area contributed by atoms with Gasteiger partial charge >= 0.3 is 5.97 Å². The van der Waals surface area contributed by atoms with Gasteiger partial charge in [0.25, 0.3) is 0 Å². The van der Waals surface area contributed by atoms with E-state index in [1.165, 1.54) is 0 Å². The minimum absolute atomic E-state index is 0.0955. The molecule has 4 amide bonds. The Labute approximate surface area is 239 Å². The zero-order chi connectivity index (χ0) is 30.5. The van der Waals surface area contributed by atoms with Gasteiger partial charge in [0.15, 0.2) is 5.96 Å². The third-order valence-electron chi connectivity index (χ3n) is 6.64. The molecule has 1 aliphatic heterocycles. The van der Waals surface area contributed by atoms with E-state index < -0.39 is 66.6 Å². The molecule has 0 saturated heterocycles. The van der Waals surface area contributed by atoms with Gasteiger partial charge in [-0.05, 0) is 37.7 Å². The van der Waals surface area contributed by atoms with Crippen molar-refractivity contribution in [3.63, 3.8) is 0 Å². The molecule has 224 valence electrons. The molecule has 0 spiro atoms. The number of carboxylic acid groups (broad SMARTS) is 1. The van der Waals surface area contributed by atoms with E-state index in [9.17, 15) is 29.1 Å². The number of carbonyl (C=O) groups is 5. The van der Waals surface area contributed by atoms with Crippen molar-refractivity contribution in [3.8, 4) is 0 Å². The fraction of sp³-hybridized carbons (Fsp3) is 0.500. The van der Waals surface area contributed by atoms with Crippen molar-refractivity contribution in [3.05, 3.63) is 47.5 Å². The molecule has 1 aromatic rings. The maximum absolute atomic E-state index is 13.5. The molecule has 0 aromatic heterocycles. The smallest absolute Gasteiger partial charge is 0.305 e. The molecule has 9 N–H and O–H groups in total. The van der Waals surface area contributed by atoms with E-state index in [0.717, 1.165) is 5.56 Å². The van der Waals surface area contributed by atoms with Gasteiger partial charge < -0.3 is 37.8 Å². The summed E-state index contributed by atoms with van der Waals surface area (Å²) in [5.41, 5.74) is 12.3. The number of nitrogens with two attached hydrogens (primary N) is 2. The molecular weight excluding hydrogens is 530 g/mol. The van der Waals surface area contributed by atoms with Crippen LogP contribution >= 0.6 is 0 Å². The van der Waals surface area contributed by atoms with Crippen molar-refractivity contribution in [2.75, 3.05) is 13.1 Å². The highest BCUT2D eigenvalue weighted by molar-refractivity contribution is 5.94. The average molecular weight is 572 g/mol. The van der Waals surface area contributed by atoms with Crippen molar-refractivity contribution >= 4 is 35.6 Å². The number of hydrogen-bond donors (Lipinski definition) is 7. The summed E-state index contributed by atoms with van der Waals surface area (Å²) >= 11 is 0. The van der Waals surface area contributed by atoms with Gasteiger partial charge in [-0.15, -0.1) is 0 Å². The van der Waals surface area contributed by atoms with Gasteiger partial charge in [-0.25, -0.2) is 0 Å². The van der Waals surface area contributed by atoms with Gasteiger partial charge in [-0.2, -0.15) is 0 Å². The lowest BCUT2D eigenvalue weighted by molar-refractivity contribution is -0.140. The second-order valence-corrected chi connectivity index (χ2v) is 10.4. The molecule has 1 heterocycles. The summed E-state index contributed by atoms with van der Waals surface area (Å²) in [4.78, 5) is 67.8. The number of carbonyl (C=O) groups excluding carboxylic acids is 4. The minimum Gasteiger partial charge on any atom is -0.481 e. The zero-order valence-electron chi connectivity index (χ0n) is 23.7. The average Bonchev–Trinajstić information content (AvgIpc) is 2.90. The van der Waals surface area contributed by atoms with E-state index in [2.05, 4.69) is 26.3 Å². The number of carboxylic acids is 1. The molecule has 13 heteroatoms. The fourth-order valence-electron chi connectivity index (χ4n) is 4.38. The predicted molar refractivity (Wildman–Crippen MR) is 153 cm³/mol. The quantitative estimate of drug-likeness (QED) is 0.0889. The summed E-state index contributed by atoms with van der Waals surface area (Å²) in [5, 5.41) is 19.9. The Morgan fingerprint density at radius 3 is 2.24 bits per heavy atom. The Balaban J connectivity index is 2.49. The lowest BCUT2D eigenvalue weighted by Crippen LogP contribution is -2.54. The lowest BCUT2D eigenvalue weighted by Gasteiger charge is -2.26. The topological polar surface area (TPSA) is 218 Å².